The molecule has 0 aliphatic rings. The lowest BCUT2D eigenvalue weighted by Crippen LogP contribution is -2.08. The van der Waals surface area contributed by atoms with Crippen LogP contribution in [0.1, 0.15) is 33.6 Å². The third-order valence-electron chi connectivity index (χ3n) is 2.15. The Hall–Kier alpha value is -0.320. The molecule has 0 radical (unpaired) electrons. The smallest absolute Gasteiger partial charge is 0.206 e. The van der Waals surface area contributed by atoms with Crippen LogP contribution in [0.4, 0.5) is 0 Å². The average Bonchev–Trinajstić information content (AvgIpc) is 2.14. The maximum Gasteiger partial charge on any atom is 0.206 e. The van der Waals surface area contributed by atoms with E-state index in [1.165, 1.54) is 0 Å². The minimum atomic E-state index is -2.55. The minimum Gasteiger partial charge on any atom is -0.329 e. The lowest BCUT2D eigenvalue weighted by atomic mass is 10.4. The molecule has 4 heteroatoms. The van der Waals surface area contributed by atoms with E-state index in [4.69, 9.17) is 9.79 Å². The summed E-state index contributed by atoms with van der Waals surface area (Å²) in [5, 5.41) is 8.43. The number of hydrogen-bond acceptors (Lipinski definition) is 3. The SMILES string of the molecule is CCOP(=O)(CCC#N)C(C)CC. The average molecular weight is 203 g/mol. The van der Waals surface area contributed by atoms with E-state index in [9.17, 15) is 4.57 Å². The van der Waals surface area contributed by atoms with Crippen LogP contribution in [0, 0.1) is 11.3 Å². The first-order valence-corrected chi connectivity index (χ1v) is 6.58. The number of nitriles is 1. The molecule has 0 spiro atoms. The van der Waals surface area contributed by atoms with Gasteiger partial charge in [0, 0.05) is 18.2 Å². The minimum absolute atomic E-state index is 0.0702. The number of nitrogens with zero attached hydrogens (tertiary/aromatic N) is 1. The largest absolute Gasteiger partial charge is 0.329 e. The van der Waals surface area contributed by atoms with Crippen molar-refractivity contribution in [1.82, 2.24) is 0 Å². The highest BCUT2D eigenvalue weighted by atomic mass is 31.2. The molecule has 2 atom stereocenters. The van der Waals surface area contributed by atoms with Gasteiger partial charge in [-0.3, -0.25) is 4.57 Å². The lowest BCUT2D eigenvalue weighted by Gasteiger charge is -2.22. The van der Waals surface area contributed by atoms with E-state index in [-0.39, 0.29) is 5.66 Å². The second-order valence-electron chi connectivity index (χ2n) is 3.03. The Labute approximate surface area is 80.5 Å². The monoisotopic (exact) mass is 203 g/mol. The van der Waals surface area contributed by atoms with Crippen LogP contribution in [0.25, 0.3) is 0 Å². The molecule has 0 saturated carbocycles. The van der Waals surface area contributed by atoms with Gasteiger partial charge in [0.15, 0.2) is 0 Å². The summed E-state index contributed by atoms with van der Waals surface area (Å²) in [7, 11) is -2.55. The van der Waals surface area contributed by atoms with Gasteiger partial charge in [-0.05, 0) is 13.3 Å². The van der Waals surface area contributed by atoms with Crippen LogP contribution in [0.2, 0.25) is 0 Å². The van der Waals surface area contributed by atoms with E-state index >= 15 is 0 Å². The van der Waals surface area contributed by atoms with Crippen LogP contribution in [0.15, 0.2) is 0 Å². The van der Waals surface area contributed by atoms with Gasteiger partial charge in [-0.2, -0.15) is 5.26 Å². The Bertz CT molecular complexity index is 222. The first-order chi connectivity index (χ1) is 6.10. The van der Waals surface area contributed by atoms with Gasteiger partial charge in [-0.1, -0.05) is 13.8 Å². The maximum absolute atomic E-state index is 12.1. The highest BCUT2D eigenvalue weighted by Gasteiger charge is 2.28. The summed E-state index contributed by atoms with van der Waals surface area (Å²) < 4.78 is 17.4. The van der Waals surface area contributed by atoms with Crippen molar-refractivity contribution in [3.8, 4) is 6.07 Å². The second kappa shape index (κ2) is 6.18. The molecule has 0 aliphatic heterocycles. The fraction of sp³-hybridized carbons (Fsp3) is 0.889. The molecule has 0 amide bonds. The van der Waals surface area contributed by atoms with Gasteiger partial charge in [0.25, 0.3) is 0 Å². The fourth-order valence-electron chi connectivity index (χ4n) is 1.11. The second-order valence-corrected chi connectivity index (χ2v) is 6.07. The van der Waals surface area contributed by atoms with Gasteiger partial charge in [-0.15, -0.1) is 0 Å². The summed E-state index contributed by atoms with van der Waals surface area (Å²) in [6, 6.07) is 2.01. The van der Waals surface area contributed by atoms with Crippen molar-refractivity contribution in [3.63, 3.8) is 0 Å². The van der Waals surface area contributed by atoms with E-state index in [2.05, 4.69) is 0 Å². The summed E-state index contributed by atoms with van der Waals surface area (Å²) in [5.74, 6) is 0. The van der Waals surface area contributed by atoms with Crippen LogP contribution in [0.5, 0.6) is 0 Å². The zero-order valence-electron chi connectivity index (χ0n) is 8.62. The molecule has 0 N–H and O–H groups in total. The maximum atomic E-state index is 12.1. The van der Waals surface area contributed by atoms with Crippen LogP contribution < -0.4 is 0 Å². The van der Waals surface area contributed by atoms with Crippen molar-refractivity contribution in [2.75, 3.05) is 12.8 Å². The van der Waals surface area contributed by atoms with Crippen molar-refractivity contribution < 1.29 is 9.09 Å². The zero-order chi connectivity index (χ0) is 10.3. The fourth-order valence-corrected chi connectivity index (χ4v) is 3.34. The highest BCUT2D eigenvalue weighted by Crippen LogP contribution is 2.53. The Morgan fingerprint density at radius 1 is 1.54 bits per heavy atom. The molecule has 0 aromatic rings. The molecule has 2 unspecified atom stereocenters. The third-order valence-corrected chi connectivity index (χ3v) is 5.40. The Morgan fingerprint density at radius 3 is 2.54 bits per heavy atom. The molecule has 0 bridgehead atoms. The molecule has 3 nitrogen and oxygen atoms in total. The standard InChI is InChI=1S/C9H18NO2P/c1-4-9(3)13(11,12-5-2)8-6-7-10/h9H,4-6,8H2,1-3H3. The summed E-state index contributed by atoms with van der Waals surface area (Å²) in [6.07, 6.45) is 1.55. The van der Waals surface area contributed by atoms with Crippen LogP contribution in [-0.2, 0) is 9.09 Å². The first kappa shape index (κ1) is 12.7. The Morgan fingerprint density at radius 2 is 2.15 bits per heavy atom. The zero-order valence-corrected chi connectivity index (χ0v) is 9.51. The van der Waals surface area contributed by atoms with E-state index in [1.807, 2.05) is 26.8 Å². The topological polar surface area (TPSA) is 50.1 Å². The van der Waals surface area contributed by atoms with Gasteiger partial charge in [-0.25, -0.2) is 0 Å². The van der Waals surface area contributed by atoms with Gasteiger partial charge >= 0.3 is 0 Å². The normalized spacial score (nSPS) is 17.4. The molecular weight excluding hydrogens is 185 g/mol. The van der Waals surface area contributed by atoms with Crippen LogP contribution >= 0.6 is 7.37 Å². The van der Waals surface area contributed by atoms with Gasteiger partial charge < -0.3 is 4.52 Å². The third kappa shape index (κ3) is 3.93. The Kier molecular flexibility index (Phi) is 6.03. The number of hydrogen-bond donors (Lipinski definition) is 0. The van der Waals surface area contributed by atoms with Gasteiger partial charge in [0.1, 0.15) is 0 Å². The van der Waals surface area contributed by atoms with Crippen molar-refractivity contribution in [2.45, 2.75) is 39.3 Å². The van der Waals surface area contributed by atoms with Gasteiger partial charge in [0.05, 0.1) is 12.7 Å². The molecule has 13 heavy (non-hydrogen) atoms. The van der Waals surface area contributed by atoms with E-state index in [1.54, 1.807) is 0 Å². The molecule has 0 fully saturated rings. The van der Waals surface area contributed by atoms with Crippen LogP contribution in [-0.4, -0.2) is 18.4 Å². The summed E-state index contributed by atoms with van der Waals surface area (Å²) in [4.78, 5) is 0. The van der Waals surface area contributed by atoms with Crippen molar-refractivity contribution in [3.05, 3.63) is 0 Å². The lowest BCUT2D eigenvalue weighted by molar-refractivity contribution is 0.325. The molecule has 0 aliphatic carbocycles. The quantitative estimate of drug-likeness (QED) is 0.623. The molecule has 0 heterocycles. The Balaban J connectivity index is 4.35. The molecule has 0 aromatic carbocycles. The molecule has 0 aromatic heterocycles. The molecular formula is C9H18NO2P. The van der Waals surface area contributed by atoms with E-state index < -0.39 is 7.37 Å². The number of rotatable bonds is 6. The first-order valence-electron chi connectivity index (χ1n) is 4.71. The predicted octanol–water partition coefficient (Wildman–Crippen LogP) is 3.01. The predicted molar refractivity (Wildman–Crippen MR) is 54.1 cm³/mol. The van der Waals surface area contributed by atoms with Gasteiger partial charge in [0.2, 0.25) is 7.37 Å². The van der Waals surface area contributed by atoms with E-state index in [0.717, 1.165) is 6.42 Å². The van der Waals surface area contributed by atoms with E-state index in [0.29, 0.717) is 19.2 Å². The van der Waals surface area contributed by atoms with Crippen molar-refractivity contribution in [2.24, 2.45) is 0 Å². The molecule has 76 valence electrons. The summed E-state index contributed by atoms with van der Waals surface area (Å²) in [6.45, 7) is 6.21. The van der Waals surface area contributed by atoms with Crippen LogP contribution in [0.3, 0.4) is 0 Å². The highest BCUT2D eigenvalue weighted by molar-refractivity contribution is 7.59. The summed E-state index contributed by atoms with van der Waals surface area (Å²) >= 11 is 0. The van der Waals surface area contributed by atoms with Crippen molar-refractivity contribution in [1.29, 1.82) is 5.26 Å². The molecule has 0 rings (SSSR count). The van der Waals surface area contributed by atoms with Crippen molar-refractivity contribution >= 4 is 7.37 Å². The molecule has 0 saturated heterocycles. The summed E-state index contributed by atoms with van der Waals surface area (Å²) in [5.41, 5.74) is 0.0702.